The average Bonchev–Trinajstić information content (AvgIpc) is 3.07. The fourth-order valence-corrected chi connectivity index (χ4v) is 1.84. The average molecular weight is 302 g/mol. The maximum absolute atomic E-state index is 12.0. The van der Waals surface area contributed by atoms with Crippen LogP contribution in [0.1, 0.15) is 31.2 Å². The number of carbonyl (C=O) groups excluding carboxylic acids is 3. The zero-order valence-corrected chi connectivity index (χ0v) is 12.0. The number of benzene rings is 1. The third kappa shape index (κ3) is 3.32. The second-order valence-corrected chi connectivity index (χ2v) is 4.32. The molecule has 0 aliphatic rings. The van der Waals surface area contributed by atoms with Gasteiger partial charge in [0.25, 0.3) is 5.91 Å². The van der Waals surface area contributed by atoms with Crippen molar-refractivity contribution in [3.8, 4) is 0 Å². The largest absolute Gasteiger partial charge is 0.465 e. The SMILES string of the molecule is COC(=O)c1cc(NC(=O)c2ccc[nH]2)cc(C(=O)OC)c1. The first kappa shape index (κ1) is 15.3. The molecule has 0 atom stereocenters. The molecule has 0 radical (unpaired) electrons. The molecule has 7 nitrogen and oxygen atoms in total. The molecule has 0 aliphatic heterocycles. The van der Waals surface area contributed by atoms with Gasteiger partial charge in [-0.15, -0.1) is 0 Å². The van der Waals surface area contributed by atoms with Crippen molar-refractivity contribution in [3.63, 3.8) is 0 Å². The number of hydrogen-bond acceptors (Lipinski definition) is 5. The topological polar surface area (TPSA) is 97.5 Å². The first-order chi connectivity index (χ1) is 10.5. The number of nitrogens with one attached hydrogen (secondary N) is 2. The van der Waals surface area contributed by atoms with Gasteiger partial charge >= 0.3 is 11.9 Å². The molecule has 1 heterocycles. The molecule has 2 rings (SSSR count). The molecule has 0 fully saturated rings. The Labute approximate surface area is 126 Å². The highest BCUT2D eigenvalue weighted by Gasteiger charge is 2.15. The Hall–Kier alpha value is -3.09. The molecule has 114 valence electrons. The number of esters is 2. The van der Waals surface area contributed by atoms with Crippen molar-refractivity contribution < 1.29 is 23.9 Å². The van der Waals surface area contributed by atoms with Crippen molar-refractivity contribution in [3.05, 3.63) is 53.3 Å². The van der Waals surface area contributed by atoms with Crippen LogP contribution in [0.4, 0.5) is 5.69 Å². The molecular formula is C15H14N2O5. The van der Waals surface area contributed by atoms with Crippen molar-refractivity contribution in [2.24, 2.45) is 0 Å². The molecule has 2 aromatic rings. The van der Waals surface area contributed by atoms with Crippen LogP contribution in [0.2, 0.25) is 0 Å². The van der Waals surface area contributed by atoms with Gasteiger partial charge in [-0.25, -0.2) is 9.59 Å². The van der Waals surface area contributed by atoms with Crippen LogP contribution in [0.3, 0.4) is 0 Å². The van der Waals surface area contributed by atoms with E-state index in [0.29, 0.717) is 5.69 Å². The van der Waals surface area contributed by atoms with Gasteiger partial charge in [-0.2, -0.15) is 0 Å². The van der Waals surface area contributed by atoms with E-state index in [1.165, 1.54) is 32.4 Å². The van der Waals surface area contributed by atoms with Crippen LogP contribution in [-0.4, -0.2) is 37.0 Å². The molecule has 1 aromatic heterocycles. The van der Waals surface area contributed by atoms with Crippen molar-refractivity contribution >= 4 is 23.5 Å². The molecular weight excluding hydrogens is 288 g/mol. The lowest BCUT2D eigenvalue weighted by atomic mass is 10.1. The van der Waals surface area contributed by atoms with E-state index in [4.69, 9.17) is 0 Å². The fourth-order valence-electron chi connectivity index (χ4n) is 1.84. The molecule has 1 aromatic carbocycles. The number of amides is 1. The lowest BCUT2D eigenvalue weighted by molar-refractivity contribution is 0.0599. The monoisotopic (exact) mass is 302 g/mol. The van der Waals surface area contributed by atoms with E-state index in [0.717, 1.165) is 0 Å². The minimum Gasteiger partial charge on any atom is -0.465 e. The molecule has 0 saturated carbocycles. The molecule has 0 bridgehead atoms. The van der Waals surface area contributed by atoms with Gasteiger partial charge in [0, 0.05) is 11.9 Å². The first-order valence-electron chi connectivity index (χ1n) is 6.31. The summed E-state index contributed by atoms with van der Waals surface area (Å²) in [6.07, 6.45) is 1.61. The summed E-state index contributed by atoms with van der Waals surface area (Å²) in [5.74, 6) is -1.65. The Kier molecular flexibility index (Phi) is 4.57. The number of aromatic amines is 1. The number of methoxy groups -OCH3 is 2. The quantitative estimate of drug-likeness (QED) is 0.840. The standard InChI is InChI=1S/C15H14N2O5/c1-21-14(19)9-6-10(15(20)22-2)8-11(7-9)17-13(18)12-4-3-5-16-12/h3-8,16H,1-2H3,(H,17,18). The number of anilines is 1. The molecule has 2 N–H and O–H groups in total. The Morgan fingerprint density at radius 1 is 1.00 bits per heavy atom. The van der Waals surface area contributed by atoms with Gasteiger partial charge in [0.05, 0.1) is 25.3 Å². The van der Waals surface area contributed by atoms with Crippen LogP contribution < -0.4 is 5.32 Å². The Morgan fingerprint density at radius 3 is 2.05 bits per heavy atom. The van der Waals surface area contributed by atoms with Gasteiger partial charge in [-0.05, 0) is 30.3 Å². The number of ether oxygens (including phenoxy) is 2. The predicted octanol–water partition coefficient (Wildman–Crippen LogP) is 1.84. The van der Waals surface area contributed by atoms with E-state index in [9.17, 15) is 14.4 Å². The highest BCUT2D eigenvalue weighted by molar-refractivity contribution is 6.05. The lowest BCUT2D eigenvalue weighted by Gasteiger charge is -2.09. The molecule has 22 heavy (non-hydrogen) atoms. The van der Waals surface area contributed by atoms with Crippen LogP contribution >= 0.6 is 0 Å². The number of hydrogen-bond donors (Lipinski definition) is 2. The van der Waals surface area contributed by atoms with Crippen LogP contribution in [0.5, 0.6) is 0 Å². The fraction of sp³-hybridized carbons (Fsp3) is 0.133. The summed E-state index contributed by atoms with van der Waals surface area (Å²) in [6, 6.07) is 7.45. The summed E-state index contributed by atoms with van der Waals surface area (Å²) in [5.41, 5.74) is 0.894. The van der Waals surface area contributed by atoms with Gasteiger partial charge in [-0.3, -0.25) is 4.79 Å². The van der Waals surface area contributed by atoms with E-state index in [1.807, 2.05) is 0 Å². The van der Waals surface area contributed by atoms with Crippen LogP contribution in [0.25, 0.3) is 0 Å². The van der Waals surface area contributed by atoms with E-state index in [-0.39, 0.29) is 16.8 Å². The summed E-state index contributed by atoms with van der Waals surface area (Å²) in [4.78, 5) is 38.1. The highest BCUT2D eigenvalue weighted by atomic mass is 16.5. The minimum atomic E-state index is -0.624. The maximum atomic E-state index is 12.0. The van der Waals surface area contributed by atoms with Crippen molar-refractivity contribution in [2.45, 2.75) is 0 Å². The zero-order chi connectivity index (χ0) is 16.1. The molecule has 0 aliphatic carbocycles. The number of aromatic nitrogens is 1. The van der Waals surface area contributed by atoms with Gasteiger partial charge < -0.3 is 19.8 Å². The van der Waals surface area contributed by atoms with Crippen LogP contribution in [0, 0.1) is 0 Å². The smallest absolute Gasteiger partial charge is 0.337 e. The second kappa shape index (κ2) is 6.57. The van der Waals surface area contributed by atoms with Crippen molar-refractivity contribution in [1.82, 2.24) is 4.98 Å². The summed E-state index contributed by atoms with van der Waals surface area (Å²) >= 11 is 0. The summed E-state index contributed by atoms with van der Waals surface area (Å²) in [5, 5.41) is 2.60. The lowest BCUT2D eigenvalue weighted by Crippen LogP contribution is -2.14. The van der Waals surface area contributed by atoms with Gasteiger partial charge in [0.2, 0.25) is 0 Å². The van der Waals surface area contributed by atoms with Crippen LogP contribution in [0.15, 0.2) is 36.5 Å². The third-order valence-electron chi connectivity index (χ3n) is 2.88. The van der Waals surface area contributed by atoms with Crippen molar-refractivity contribution in [1.29, 1.82) is 0 Å². The summed E-state index contributed by atoms with van der Waals surface area (Å²) in [7, 11) is 2.45. The second-order valence-electron chi connectivity index (χ2n) is 4.32. The predicted molar refractivity (Wildman–Crippen MR) is 77.9 cm³/mol. The number of carbonyl (C=O) groups is 3. The molecule has 7 heteroatoms. The minimum absolute atomic E-state index is 0.132. The van der Waals surface area contributed by atoms with E-state index in [1.54, 1.807) is 18.3 Å². The van der Waals surface area contributed by atoms with Crippen LogP contribution in [-0.2, 0) is 9.47 Å². The maximum Gasteiger partial charge on any atom is 0.337 e. The Bertz CT molecular complexity index is 672. The third-order valence-corrected chi connectivity index (χ3v) is 2.88. The Morgan fingerprint density at radius 2 is 1.59 bits per heavy atom. The normalized spacial score (nSPS) is 9.91. The molecule has 0 saturated heterocycles. The number of rotatable bonds is 4. The zero-order valence-electron chi connectivity index (χ0n) is 12.0. The van der Waals surface area contributed by atoms with E-state index in [2.05, 4.69) is 19.8 Å². The first-order valence-corrected chi connectivity index (χ1v) is 6.31. The molecule has 0 spiro atoms. The summed E-state index contributed by atoms with van der Waals surface area (Å²) in [6.45, 7) is 0. The van der Waals surface area contributed by atoms with Crippen molar-refractivity contribution in [2.75, 3.05) is 19.5 Å². The number of H-pyrrole nitrogens is 1. The van der Waals surface area contributed by atoms with E-state index < -0.39 is 17.8 Å². The van der Waals surface area contributed by atoms with Gasteiger partial charge in [0.15, 0.2) is 0 Å². The van der Waals surface area contributed by atoms with E-state index >= 15 is 0 Å². The molecule has 1 amide bonds. The van der Waals surface area contributed by atoms with Gasteiger partial charge in [0.1, 0.15) is 5.69 Å². The Balaban J connectivity index is 2.35. The molecule has 0 unspecified atom stereocenters. The highest BCUT2D eigenvalue weighted by Crippen LogP contribution is 2.17. The summed E-state index contributed by atoms with van der Waals surface area (Å²) < 4.78 is 9.25. The van der Waals surface area contributed by atoms with Gasteiger partial charge in [-0.1, -0.05) is 0 Å².